The van der Waals surface area contributed by atoms with Gasteiger partial charge in [-0.1, -0.05) is 6.07 Å². The third kappa shape index (κ3) is 4.54. The van der Waals surface area contributed by atoms with Crippen molar-refractivity contribution in [3.8, 4) is 11.1 Å². The molecule has 5 rings (SSSR count). The Kier molecular flexibility index (Phi) is 6.19. The van der Waals surface area contributed by atoms with Gasteiger partial charge in [-0.2, -0.15) is 0 Å². The lowest BCUT2D eigenvalue weighted by atomic mass is 9.90. The average molecular weight is 433 g/mol. The number of benzene rings is 1. The highest BCUT2D eigenvalue weighted by molar-refractivity contribution is 5.92. The molecule has 3 aromatic rings. The predicted octanol–water partition coefficient (Wildman–Crippen LogP) is 3.81. The van der Waals surface area contributed by atoms with E-state index in [0.717, 1.165) is 59.8 Å². The molecule has 7 heteroatoms. The Morgan fingerprint density at radius 1 is 0.969 bits per heavy atom. The average Bonchev–Trinajstić information content (AvgIpc) is 2.85. The summed E-state index contributed by atoms with van der Waals surface area (Å²) < 4.78 is 5.49. The number of ether oxygens (including phenoxy) is 1. The monoisotopic (exact) mass is 432 g/mol. The summed E-state index contributed by atoms with van der Waals surface area (Å²) in [5.41, 5.74) is 4.35. The first-order valence-electron chi connectivity index (χ1n) is 11.6. The third-order valence-corrected chi connectivity index (χ3v) is 6.84. The molecule has 3 heterocycles. The summed E-state index contributed by atoms with van der Waals surface area (Å²) >= 11 is 0. The molecule has 0 spiro atoms. The van der Waals surface area contributed by atoms with Crippen LogP contribution in [0.5, 0.6) is 0 Å². The number of pyridine rings is 1. The molecule has 2 aromatic heterocycles. The Hall–Kier alpha value is -2.77. The van der Waals surface area contributed by atoms with Gasteiger partial charge in [-0.05, 0) is 63.5 Å². The van der Waals surface area contributed by atoms with Gasteiger partial charge in [0.05, 0.1) is 30.6 Å². The van der Waals surface area contributed by atoms with Crippen molar-refractivity contribution in [3.05, 3.63) is 43.0 Å². The lowest BCUT2D eigenvalue weighted by Crippen LogP contribution is -2.36. The van der Waals surface area contributed by atoms with Crippen LogP contribution in [0.15, 0.2) is 43.0 Å². The van der Waals surface area contributed by atoms with Crippen molar-refractivity contribution in [3.63, 3.8) is 0 Å². The van der Waals surface area contributed by atoms with Gasteiger partial charge in [0.25, 0.3) is 0 Å². The second-order valence-corrected chi connectivity index (χ2v) is 9.10. The van der Waals surface area contributed by atoms with E-state index in [2.05, 4.69) is 68.4 Å². The van der Waals surface area contributed by atoms with Crippen molar-refractivity contribution in [2.75, 3.05) is 50.6 Å². The first-order valence-corrected chi connectivity index (χ1v) is 11.6. The zero-order chi connectivity index (χ0) is 21.9. The van der Waals surface area contributed by atoms with Crippen molar-refractivity contribution in [1.82, 2.24) is 19.9 Å². The predicted molar refractivity (Wildman–Crippen MR) is 129 cm³/mol. The molecule has 0 bridgehead atoms. The van der Waals surface area contributed by atoms with E-state index in [1.807, 2.05) is 12.4 Å². The van der Waals surface area contributed by atoms with Gasteiger partial charge in [-0.3, -0.25) is 4.98 Å². The van der Waals surface area contributed by atoms with Crippen LogP contribution in [-0.4, -0.2) is 72.3 Å². The molecule has 0 amide bonds. The van der Waals surface area contributed by atoms with Gasteiger partial charge in [0.15, 0.2) is 0 Å². The molecule has 1 saturated carbocycles. The van der Waals surface area contributed by atoms with Crippen LogP contribution in [-0.2, 0) is 4.74 Å². The minimum Gasteiger partial charge on any atom is -0.378 e. The molecule has 0 radical (unpaired) electrons. The van der Waals surface area contributed by atoms with Gasteiger partial charge in [0, 0.05) is 42.3 Å². The second-order valence-electron chi connectivity index (χ2n) is 9.10. The number of anilines is 2. The van der Waals surface area contributed by atoms with E-state index in [1.165, 1.54) is 25.7 Å². The zero-order valence-corrected chi connectivity index (χ0v) is 19.0. The highest BCUT2D eigenvalue weighted by Gasteiger charge is 2.23. The summed E-state index contributed by atoms with van der Waals surface area (Å²) in [6.07, 6.45) is 10.3. The van der Waals surface area contributed by atoms with E-state index in [4.69, 9.17) is 4.74 Å². The summed E-state index contributed by atoms with van der Waals surface area (Å²) in [6.45, 7) is 3.34. The van der Waals surface area contributed by atoms with Crippen molar-refractivity contribution >= 4 is 22.4 Å². The summed E-state index contributed by atoms with van der Waals surface area (Å²) in [6, 6.07) is 9.78. The van der Waals surface area contributed by atoms with Gasteiger partial charge >= 0.3 is 0 Å². The first-order chi connectivity index (χ1) is 15.7. The molecular weight excluding hydrogens is 400 g/mol. The standard InChI is InChI=1S/C25H32N6O/c1-30(2)21-6-4-20(5-7-21)29-25-23-14-18(3-8-24(23)27-17-28-25)19-13-22(16-26-15-19)31-9-11-32-12-10-31/h3,8,13-17,20-21H,4-7,9-12H2,1-2H3,(H,27,28,29)/t20-,21-. The minimum atomic E-state index is 0.458. The fraction of sp³-hybridized carbons (Fsp3) is 0.480. The van der Waals surface area contributed by atoms with Gasteiger partial charge in [-0.25, -0.2) is 9.97 Å². The van der Waals surface area contributed by atoms with Crippen LogP contribution in [0.2, 0.25) is 0 Å². The van der Waals surface area contributed by atoms with E-state index in [9.17, 15) is 0 Å². The second kappa shape index (κ2) is 9.38. The van der Waals surface area contributed by atoms with E-state index < -0.39 is 0 Å². The van der Waals surface area contributed by atoms with E-state index >= 15 is 0 Å². The highest BCUT2D eigenvalue weighted by atomic mass is 16.5. The van der Waals surface area contributed by atoms with Crippen molar-refractivity contribution in [2.24, 2.45) is 0 Å². The molecule has 0 unspecified atom stereocenters. The molecule has 7 nitrogen and oxygen atoms in total. The quantitative estimate of drug-likeness (QED) is 0.657. The largest absolute Gasteiger partial charge is 0.378 e. The Labute approximate surface area is 189 Å². The summed E-state index contributed by atoms with van der Waals surface area (Å²) in [5.74, 6) is 0.933. The van der Waals surface area contributed by atoms with E-state index in [0.29, 0.717) is 12.1 Å². The molecule has 1 aromatic carbocycles. The normalized spacial score (nSPS) is 21.8. The smallest absolute Gasteiger partial charge is 0.137 e. The Morgan fingerprint density at radius 2 is 1.78 bits per heavy atom. The Morgan fingerprint density at radius 3 is 2.56 bits per heavy atom. The number of fused-ring (bicyclic) bond motifs is 1. The lowest BCUT2D eigenvalue weighted by molar-refractivity contribution is 0.122. The van der Waals surface area contributed by atoms with Gasteiger partial charge in [0.2, 0.25) is 0 Å². The number of rotatable bonds is 5. The van der Waals surface area contributed by atoms with E-state index in [-0.39, 0.29) is 0 Å². The zero-order valence-electron chi connectivity index (χ0n) is 19.0. The first kappa shape index (κ1) is 21.1. The Balaban J connectivity index is 1.39. The summed E-state index contributed by atoms with van der Waals surface area (Å²) in [5, 5.41) is 4.78. The maximum atomic E-state index is 5.49. The van der Waals surface area contributed by atoms with Gasteiger partial charge in [-0.15, -0.1) is 0 Å². The van der Waals surface area contributed by atoms with Crippen LogP contribution >= 0.6 is 0 Å². The van der Waals surface area contributed by atoms with Crippen LogP contribution in [0.4, 0.5) is 11.5 Å². The molecule has 168 valence electrons. The highest BCUT2D eigenvalue weighted by Crippen LogP contribution is 2.31. The maximum Gasteiger partial charge on any atom is 0.137 e. The number of hydrogen-bond acceptors (Lipinski definition) is 7. The number of aromatic nitrogens is 3. The number of hydrogen-bond donors (Lipinski definition) is 1. The van der Waals surface area contributed by atoms with Crippen LogP contribution < -0.4 is 10.2 Å². The van der Waals surface area contributed by atoms with Gasteiger partial charge in [0.1, 0.15) is 12.1 Å². The summed E-state index contributed by atoms with van der Waals surface area (Å²) in [7, 11) is 4.36. The molecule has 32 heavy (non-hydrogen) atoms. The van der Waals surface area contributed by atoms with Crippen molar-refractivity contribution < 1.29 is 4.74 Å². The van der Waals surface area contributed by atoms with Crippen LogP contribution in [0.25, 0.3) is 22.0 Å². The third-order valence-electron chi connectivity index (χ3n) is 6.84. The number of nitrogens with zero attached hydrogens (tertiary/aromatic N) is 5. The fourth-order valence-corrected chi connectivity index (χ4v) is 4.86. The van der Waals surface area contributed by atoms with Crippen LogP contribution in [0.1, 0.15) is 25.7 Å². The molecule has 1 aliphatic carbocycles. The van der Waals surface area contributed by atoms with E-state index in [1.54, 1.807) is 6.33 Å². The molecule has 1 aliphatic heterocycles. The molecule has 0 atom stereocenters. The minimum absolute atomic E-state index is 0.458. The molecule has 2 aliphatic rings. The lowest BCUT2D eigenvalue weighted by Gasteiger charge is -2.33. The topological polar surface area (TPSA) is 66.4 Å². The SMILES string of the molecule is CN(C)[C@H]1CC[C@H](Nc2ncnc3ccc(-c4cncc(N5CCOCC5)c4)cc23)CC1. The fourth-order valence-electron chi connectivity index (χ4n) is 4.86. The molecular formula is C25H32N6O. The number of morpholine rings is 1. The summed E-state index contributed by atoms with van der Waals surface area (Å²) in [4.78, 5) is 18.3. The Bertz CT molecular complexity index is 1060. The number of nitrogens with one attached hydrogen (secondary N) is 1. The van der Waals surface area contributed by atoms with Crippen LogP contribution in [0, 0.1) is 0 Å². The van der Waals surface area contributed by atoms with Crippen LogP contribution in [0.3, 0.4) is 0 Å². The van der Waals surface area contributed by atoms with Gasteiger partial charge < -0.3 is 19.9 Å². The van der Waals surface area contributed by atoms with Crippen molar-refractivity contribution in [2.45, 2.75) is 37.8 Å². The molecule has 1 N–H and O–H groups in total. The molecule has 1 saturated heterocycles. The maximum absolute atomic E-state index is 5.49. The molecule has 2 fully saturated rings. The van der Waals surface area contributed by atoms with Crippen molar-refractivity contribution in [1.29, 1.82) is 0 Å².